The van der Waals surface area contributed by atoms with Crippen molar-refractivity contribution in [2.45, 2.75) is 0 Å². The molecule has 0 aliphatic heterocycles. The highest BCUT2D eigenvalue weighted by atomic mass is 15.0. The molecule has 0 bridgehead atoms. The number of para-hydroxylation sites is 2. The molecule has 7 aromatic carbocycles. The van der Waals surface area contributed by atoms with Gasteiger partial charge in [-0.25, -0.2) is 0 Å². The molecule has 2 nitrogen and oxygen atoms in total. The van der Waals surface area contributed by atoms with Crippen LogP contribution < -0.4 is 5.32 Å². The van der Waals surface area contributed by atoms with Crippen molar-refractivity contribution in [3.8, 4) is 27.9 Å². The Kier molecular flexibility index (Phi) is 5.82. The van der Waals surface area contributed by atoms with Gasteiger partial charge in [-0.1, -0.05) is 103 Å². The van der Waals surface area contributed by atoms with Crippen LogP contribution in [0.2, 0.25) is 0 Å². The van der Waals surface area contributed by atoms with Crippen LogP contribution in [-0.4, -0.2) is 4.57 Å². The summed E-state index contributed by atoms with van der Waals surface area (Å²) in [5.74, 6) is 0. The monoisotopic (exact) mass is 536 g/mol. The minimum absolute atomic E-state index is 1.07. The summed E-state index contributed by atoms with van der Waals surface area (Å²) in [5.41, 5.74) is 10.6. The fourth-order valence-corrected chi connectivity index (χ4v) is 6.07. The molecule has 1 aromatic heterocycles. The molecular weight excluding hydrogens is 508 g/mol. The smallest absolute Gasteiger partial charge is 0.0541 e. The number of fused-ring (bicyclic) bond motifs is 4. The average Bonchev–Trinajstić information content (AvgIpc) is 3.39. The average molecular weight is 537 g/mol. The lowest BCUT2D eigenvalue weighted by atomic mass is 10.0. The van der Waals surface area contributed by atoms with Crippen molar-refractivity contribution in [2.75, 3.05) is 5.32 Å². The van der Waals surface area contributed by atoms with Crippen molar-refractivity contribution in [3.63, 3.8) is 0 Å². The van der Waals surface area contributed by atoms with E-state index in [9.17, 15) is 0 Å². The molecule has 0 aliphatic rings. The van der Waals surface area contributed by atoms with E-state index in [1.165, 1.54) is 60.5 Å². The number of rotatable bonds is 5. The van der Waals surface area contributed by atoms with E-state index in [0.717, 1.165) is 11.4 Å². The fraction of sp³-hybridized carbons (Fsp3) is 0. The van der Waals surface area contributed by atoms with E-state index < -0.39 is 0 Å². The molecule has 0 spiro atoms. The summed E-state index contributed by atoms with van der Waals surface area (Å²) < 4.78 is 2.35. The van der Waals surface area contributed by atoms with Gasteiger partial charge in [0.05, 0.1) is 11.0 Å². The Hall–Kier alpha value is -5.60. The van der Waals surface area contributed by atoms with Crippen molar-refractivity contribution in [3.05, 3.63) is 164 Å². The summed E-state index contributed by atoms with van der Waals surface area (Å²) in [5, 5.41) is 8.65. The summed E-state index contributed by atoms with van der Waals surface area (Å²) in [4.78, 5) is 0. The first-order chi connectivity index (χ1) is 20.8. The Balaban J connectivity index is 1.09. The minimum Gasteiger partial charge on any atom is -0.356 e. The Morgan fingerprint density at radius 1 is 0.357 bits per heavy atom. The molecule has 0 radical (unpaired) electrons. The normalized spacial score (nSPS) is 11.3. The number of nitrogens with zero attached hydrogens (tertiary/aromatic N) is 1. The van der Waals surface area contributed by atoms with E-state index in [1.807, 2.05) is 0 Å². The summed E-state index contributed by atoms with van der Waals surface area (Å²) in [6, 6.07) is 58.6. The number of nitrogens with one attached hydrogen (secondary N) is 1. The summed E-state index contributed by atoms with van der Waals surface area (Å²) in [6.07, 6.45) is 0. The maximum Gasteiger partial charge on any atom is 0.0541 e. The van der Waals surface area contributed by atoms with Crippen LogP contribution in [-0.2, 0) is 0 Å². The number of benzene rings is 7. The molecule has 0 atom stereocenters. The minimum atomic E-state index is 1.07. The lowest BCUT2D eigenvalue weighted by Gasteiger charge is -2.11. The van der Waals surface area contributed by atoms with E-state index >= 15 is 0 Å². The van der Waals surface area contributed by atoms with Crippen LogP contribution >= 0.6 is 0 Å². The van der Waals surface area contributed by atoms with Crippen molar-refractivity contribution in [1.29, 1.82) is 0 Å². The maximum absolute atomic E-state index is 3.60. The van der Waals surface area contributed by atoms with Gasteiger partial charge in [-0.05, 0) is 93.7 Å². The molecular formula is C40H28N2. The van der Waals surface area contributed by atoms with Crippen molar-refractivity contribution in [2.24, 2.45) is 0 Å². The lowest BCUT2D eigenvalue weighted by Crippen LogP contribution is -1.93. The molecule has 0 saturated carbocycles. The SMILES string of the molecule is c1ccc(-n2c3ccccc3c3cc(-c4ccc(Nc5cccc(-c6ccc7ccccc7c6)c5)cc4)ccc32)cc1. The lowest BCUT2D eigenvalue weighted by molar-refractivity contribution is 1.18. The van der Waals surface area contributed by atoms with Crippen LogP contribution in [0.5, 0.6) is 0 Å². The number of aromatic nitrogens is 1. The summed E-state index contributed by atoms with van der Waals surface area (Å²) in [6.45, 7) is 0. The predicted octanol–water partition coefficient (Wildman–Crippen LogP) is 11.0. The molecule has 0 aliphatic carbocycles. The zero-order valence-corrected chi connectivity index (χ0v) is 23.0. The van der Waals surface area contributed by atoms with Gasteiger partial charge < -0.3 is 9.88 Å². The Bertz CT molecular complexity index is 2210. The van der Waals surface area contributed by atoms with Gasteiger partial charge in [0.25, 0.3) is 0 Å². The van der Waals surface area contributed by atoms with Crippen LogP contribution in [0.4, 0.5) is 11.4 Å². The van der Waals surface area contributed by atoms with Gasteiger partial charge in [-0.2, -0.15) is 0 Å². The molecule has 0 fully saturated rings. The van der Waals surface area contributed by atoms with E-state index in [1.54, 1.807) is 0 Å². The zero-order valence-electron chi connectivity index (χ0n) is 23.0. The van der Waals surface area contributed by atoms with Gasteiger partial charge >= 0.3 is 0 Å². The largest absolute Gasteiger partial charge is 0.356 e. The Labute approximate surface area is 245 Å². The highest BCUT2D eigenvalue weighted by molar-refractivity contribution is 6.10. The first-order valence-electron chi connectivity index (χ1n) is 14.4. The fourth-order valence-electron chi connectivity index (χ4n) is 6.07. The molecule has 198 valence electrons. The maximum atomic E-state index is 3.60. The predicted molar refractivity (Wildman–Crippen MR) is 179 cm³/mol. The topological polar surface area (TPSA) is 17.0 Å². The molecule has 8 aromatic rings. The molecule has 1 heterocycles. The third-order valence-electron chi connectivity index (χ3n) is 8.14. The molecule has 8 rings (SSSR count). The first kappa shape index (κ1) is 24.2. The van der Waals surface area contributed by atoms with Gasteiger partial charge in [-0.3, -0.25) is 0 Å². The molecule has 2 heteroatoms. The molecule has 0 saturated heterocycles. The number of hydrogen-bond acceptors (Lipinski definition) is 1. The number of anilines is 2. The second kappa shape index (κ2) is 10.1. The van der Waals surface area contributed by atoms with Crippen molar-refractivity contribution < 1.29 is 0 Å². The highest BCUT2D eigenvalue weighted by Crippen LogP contribution is 2.35. The highest BCUT2D eigenvalue weighted by Gasteiger charge is 2.13. The van der Waals surface area contributed by atoms with Crippen LogP contribution in [0, 0.1) is 0 Å². The van der Waals surface area contributed by atoms with Crippen LogP contribution in [0.1, 0.15) is 0 Å². The van der Waals surface area contributed by atoms with Gasteiger partial charge in [0.15, 0.2) is 0 Å². The van der Waals surface area contributed by atoms with Crippen molar-refractivity contribution >= 4 is 44.0 Å². The Morgan fingerprint density at radius 2 is 1.02 bits per heavy atom. The molecule has 42 heavy (non-hydrogen) atoms. The van der Waals surface area contributed by atoms with Gasteiger partial charge in [0.1, 0.15) is 0 Å². The van der Waals surface area contributed by atoms with Gasteiger partial charge in [0.2, 0.25) is 0 Å². The van der Waals surface area contributed by atoms with Crippen LogP contribution in [0.15, 0.2) is 164 Å². The van der Waals surface area contributed by atoms with E-state index in [-0.39, 0.29) is 0 Å². The van der Waals surface area contributed by atoms with E-state index in [4.69, 9.17) is 0 Å². The third kappa shape index (κ3) is 4.31. The number of hydrogen-bond donors (Lipinski definition) is 1. The van der Waals surface area contributed by atoms with E-state index in [2.05, 4.69) is 174 Å². The standard InChI is InChI=1S/C40H28N2/c1-2-13-36(14-3-1)42-39-16-7-6-15-37(39)38-27-33(21-24-40(38)42)29-19-22-34(23-20-29)41-35-12-8-11-31(26-35)32-18-17-28-9-4-5-10-30(28)25-32/h1-27,41H. The third-order valence-corrected chi connectivity index (χ3v) is 8.14. The van der Waals surface area contributed by atoms with Crippen LogP contribution in [0.3, 0.4) is 0 Å². The first-order valence-corrected chi connectivity index (χ1v) is 14.4. The van der Waals surface area contributed by atoms with Gasteiger partial charge in [0, 0.05) is 27.8 Å². The van der Waals surface area contributed by atoms with Crippen molar-refractivity contribution in [1.82, 2.24) is 4.57 Å². The zero-order chi connectivity index (χ0) is 27.9. The second-order valence-corrected chi connectivity index (χ2v) is 10.8. The summed E-state index contributed by atoms with van der Waals surface area (Å²) >= 11 is 0. The molecule has 1 N–H and O–H groups in total. The second-order valence-electron chi connectivity index (χ2n) is 10.8. The summed E-state index contributed by atoms with van der Waals surface area (Å²) in [7, 11) is 0. The molecule has 0 amide bonds. The Morgan fingerprint density at radius 3 is 1.90 bits per heavy atom. The van der Waals surface area contributed by atoms with Crippen LogP contribution in [0.25, 0.3) is 60.5 Å². The molecule has 0 unspecified atom stereocenters. The quantitative estimate of drug-likeness (QED) is 0.231. The van der Waals surface area contributed by atoms with E-state index in [0.29, 0.717) is 0 Å². The van der Waals surface area contributed by atoms with Gasteiger partial charge in [-0.15, -0.1) is 0 Å².